The van der Waals surface area contributed by atoms with Gasteiger partial charge in [0.2, 0.25) is 5.91 Å². The van der Waals surface area contributed by atoms with Gasteiger partial charge in [-0.25, -0.2) is 9.59 Å². The van der Waals surface area contributed by atoms with Crippen LogP contribution in [-0.4, -0.2) is 41.6 Å². The molecule has 1 saturated heterocycles. The smallest absolute Gasteiger partial charge is 0.326 e. The Kier molecular flexibility index (Phi) is 3.69. The molecule has 7 nitrogen and oxygen atoms in total. The zero-order chi connectivity index (χ0) is 13.1. The minimum Gasteiger partial charge on any atom is -0.480 e. The summed E-state index contributed by atoms with van der Waals surface area (Å²) in [5.74, 6) is -0.702. The zero-order valence-electron chi connectivity index (χ0n) is 9.94. The van der Waals surface area contributed by atoms with Crippen LogP contribution in [0.15, 0.2) is 0 Å². The number of urea groups is 1. The molecule has 1 saturated carbocycles. The molecule has 2 atom stereocenters. The van der Waals surface area contributed by atoms with Crippen molar-refractivity contribution in [1.82, 2.24) is 16.0 Å². The Bertz CT molecular complexity index is 367. The summed E-state index contributed by atoms with van der Waals surface area (Å²) in [4.78, 5) is 33.5. The fourth-order valence-electron chi connectivity index (χ4n) is 2.00. The Morgan fingerprint density at radius 1 is 1.44 bits per heavy atom. The van der Waals surface area contributed by atoms with E-state index >= 15 is 0 Å². The van der Waals surface area contributed by atoms with Crippen LogP contribution in [0.3, 0.4) is 0 Å². The molecule has 4 N–H and O–H groups in total. The molecule has 2 fully saturated rings. The minimum absolute atomic E-state index is 0.104. The lowest BCUT2D eigenvalue weighted by Gasteiger charge is -2.16. The first kappa shape index (κ1) is 12.7. The summed E-state index contributed by atoms with van der Waals surface area (Å²) < 4.78 is 0. The van der Waals surface area contributed by atoms with Gasteiger partial charge in [0.25, 0.3) is 0 Å². The van der Waals surface area contributed by atoms with Crippen molar-refractivity contribution in [1.29, 1.82) is 0 Å². The van der Waals surface area contributed by atoms with Gasteiger partial charge < -0.3 is 21.1 Å². The van der Waals surface area contributed by atoms with Crippen LogP contribution in [0.25, 0.3) is 0 Å². The molecule has 0 bridgehead atoms. The average molecular weight is 255 g/mol. The van der Waals surface area contributed by atoms with Crippen molar-refractivity contribution in [2.24, 2.45) is 5.92 Å². The largest absolute Gasteiger partial charge is 0.480 e. The number of carbonyl (C=O) groups is 3. The molecule has 0 aromatic carbocycles. The summed E-state index contributed by atoms with van der Waals surface area (Å²) in [6.45, 7) is 0.395. The number of carboxylic acids is 1. The van der Waals surface area contributed by atoms with Crippen LogP contribution in [-0.2, 0) is 9.59 Å². The maximum absolute atomic E-state index is 11.6. The van der Waals surface area contributed by atoms with E-state index in [1.165, 1.54) is 0 Å². The topological polar surface area (TPSA) is 108 Å². The number of nitrogens with one attached hydrogen (secondary N) is 3. The summed E-state index contributed by atoms with van der Waals surface area (Å²) in [5.41, 5.74) is 0. The molecule has 0 aromatic rings. The van der Waals surface area contributed by atoms with E-state index in [4.69, 9.17) is 5.11 Å². The van der Waals surface area contributed by atoms with Crippen LogP contribution in [0, 0.1) is 5.92 Å². The first-order valence-electron chi connectivity index (χ1n) is 6.11. The van der Waals surface area contributed by atoms with Crippen LogP contribution in [0.1, 0.15) is 25.7 Å². The Labute approximate surface area is 104 Å². The van der Waals surface area contributed by atoms with Crippen molar-refractivity contribution in [3.63, 3.8) is 0 Å². The number of rotatable bonds is 5. The van der Waals surface area contributed by atoms with E-state index in [2.05, 4.69) is 16.0 Å². The molecule has 2 aliphatic rings. The Hall–Kier alpha value is -1.79. The van der Waals surface area contributed by atoms with Crippen molar-refractivity contribution in [2.45, 2.75) is 37.8 Å². The maximum Gasteiger partial charge on any atom is 0.326 e. The summed E-state index contributed by atoms with van der Waals surface area (Å²) in [7, 11) is 0. The fourth-order valence-corrected chi connectivity index (χ4v) is 2.00. The molecule has 3 amide bonds. The number of hydrogen-bond acceptors (Lipinski definition) is 3. The number of carboxylic acid groups (broad SMARTS) is 1. The molecule has 2 rings (SSSR count). The van der Waals surface area contributed by atoms with E-state index in [0.717, 1.165) is 12.8 Å². The van der Waals surface area contributed by atoms with E-state index < -0.39 is 18.0 Å². The van der Waals surface area contributed by atoms with E-state index in [-0.39, 0.29) is 18.4 Å². The van der Waals surface area contributed by atoms with Gasteiger partial charge in [0.05, 0.1) is 6.04 Å². The Balaban J connectivity index is 1.76. The molecule has 7 heteroatoms. The van der Waals surface area contributed by atoms with Gasteiger partial charge in [0.15, 0.2) is 0 Å². The highest BCUT2D eigenvalue weighted by Gasteiger charge is 2.31. The van der Waals surface area contributed by atoms with Crippen molar-refractivity contribution < 1.29 is 19.5 Å². The quantitative estimate of drug-likeness (QED) is 0.527. The normalized spacial score (nSPS) is 24.2. The van der Waals surface area contributed by atoms with Crippen LogP contribution in [0.2, 0.25) is 0 Å². The summed E-state index contributed by atoms with van der Waals surface area (Å²) in [5, 5.41) is 16.6. The minimum atomic E-state index is -1.02. The predicted molar refractivity (Wildman–Crippen MR) is 61.8 cm³/mol. The molecule has 1 heterocycles. The van der Waals surface area contributed by atoms with Gasteiger partial charge in [-0.1, -0.05) is 12.8 Å². The lowest BCUT2D eigenvalue weighted by molar-refractivity contribution is -0.139. The van der Waals surface area contributed by atoms with E-state index in [1.54, 1.807) is 0 Å². The van der Waals surface area contributed by atoms with Gasteiger partial charge in [0, 0.05) is 13.0 Å². The highest BCUT2D eigenvalue weighted by Crippen LogP contribution is 2.33. The third-order valence-electron chi connectivity index (χ3n) is 3.18. The standard InChI is InChI=1S/C11H17N3O4/c15-9-4-7(5-12-9)13-11(18)14-8(10(16)17)3-6-1-2-6/h6-8H,1-5H2,(H,12,15)(H,16,17)(H2,13,14,18). The molecule has 0 aromatic heterocycles. The van der Waals surface area contributed by atoms with E-state index in [1.807, 2.05) is 0 Å². The lowest BCUT2D eigenvalue weighted by atomic mass is 10.1. The summed E-state index contributed by atoms with van der Waals surface area (Å²) >= 11 is 0. The summed E-state index contributed by atoms with van der Waals surface area (Å²) in [6.07, 6.45) is 2.79. The Morgan fingerprint density at radius 2 is 2.17 bits per heavy atom. The van der Waals surface area contributed by atoms with Crippen molar-refractivity contribution >= 4 is 17.9 Å². The van der Waals surface area contributed by atoms with Gasteiger partial charge in [-0.3, -0.25) is 4.79 Å². The number of carbonyl (C=O) groups excluding carboxylic acids is 2. The third kappa shape index (κ3) is 3.61. The second-order valence-corrected chi connectivity index (χ2v) is 4.89. The highest BCUT2D eigenvalue weighted by molar-refractivity contribution is 5.84. The predicted octanol–water partition coefficient (Wildman–Crippen LogP) is -0.573. The molecule has 18 heavy (non-hydrogen) atoms. The second kappa shape index (κ2) is 5.24. The average Bonchev–Trinajstić information content (AvgIpc) is 3.01. The van der Waals surface area contributed by atoms with Gasteiger partial charge in [0.1, 0.15) is 6.04 Å². The molecule has 0 radical (unpaired) electrons. The molecule has 1 aliphatic carbocycles. The molecular weight excluding hydrogens is 238 g/mol. The van der Waals surface area contributed by atoms with Crippen LogP contribution < -0.4 is 16.0 Å². The molecule has 0 spiro atoms. The van der Waals surface area contributed by atoms with E-state index in [0.29, 0.717) is 18.9 Å². The molecule has 2 unspecified atom stereocenters. The second-order valence-electron chi connectivity index (χ2n) is 4.89. The van der Waals surface area contributed by atoms with Crippen molar-refractivity contribution in [3.8, 4) is 0 Å². The first-order valence-corrected chi connectivity index (χ1v) is 6.11. The lowest BCUT2D eigenvalue weighted by Crippen LogP contribution is -2.49. The third-order valence-corrected chi connectivity index (χ3v) is 3.18. The summed E-state index contributed by atoms with van der Waals surface area (Å²) in [6, 6.07) is -1.63. The van der Waals surface area contributed by atoms with Gasteiger partial charge in [-0.15, -0.1) is 0 Å². The number of hydrogen-bond donors (Lipinski definition) is 4. The van der Waals surface area contributed by atoms with Gasteiger partial charge in [-0.05, 0) is 12.3 Å². The molecular formula is C11H17N3O4. The Morgan fingerprint density at radius 3 is 2.67 bits per heavy atom. The van der Waals surface area contributed by atoms with Crippen LogP contribution in [0.5, 0.6) is 0 Å². The van der Waals surface area contributed by atoms with E-state index in [9.17, 15) is 14.4 Å². The molecule has 1 aliphatic heterocycles. The first-order chi connectivity index (χ1) is 8.54. The van der Waals surface area contributed by atoms with Gasteiger partial charge >= 0.3 is 12.0 Å². The van der Waals surface area contributed by atoms with Crippen molar-refractivity contribution in [3.05, 3.63) is 0 Å². The van der Waals surface area contributed by atoms with Crippen LogP contribution >= 0.6 is 0 Å². The highest BCUT2D eigenvalue weighted by atomic mass is 16.4. The molecule has 100 valence electrons. The number of amides is 3. The SMILES string of the molecule is O=C1CC(NC(=O)NC(CC2CC2)C(=O)O)CN1. The maximum atomic E-state index is 11.6. The number of aliphatic carboxylic acids is 1. The van der Waals surface area contributed by atoms with Gasteiger partial charge in [-0.2, -0.15) is 0 Å². The zero-order valence-corrected chi connectivity index (χ0v) is 9.94. The monoisotopic (exact) mass is 255 g/mol. The van der Waals surface area contributed by atoms with Crippen LogP contribution in [0.4, 0.5) is 4.79 Å². The van der Waals surface area contributed by atoms with Crippen molar-refractivity contribution in [2.75, 3.05) is 6.54 Å². The fraction of sp³-hybridized carbons (Fsp3) is 0.727.